The summed E-state index contributed by atoms with van der Waals surface area (Å²) in [5, 5.41) is 5.94. The topological polar surface area (TPSA) is 97.1 Å². The van der Waals surface area contributed by atoms with Crippen LogP contribution in [0.25, 0.3) is 10.2 Å². The molecule has 25 heavy (non-hydrogen) atoms. The van der Waals surface area contributed by atoms with Crippen molar-refractivity contribution in [3.8, 4) is 0 Å². The zero-order valence-electron chi connectivity index (χ0n) is 13.7. The number of fused-ring (bicyclic) bond motifs is 1. The number of thiazole rings is 1. The summed E-state index contributed by atoms with van der Waals surface area (Å²) >= 11 is 1.39. The quantitative estimate of drug-likeness (QED) is 0.656. The summed E-state index contributed by atoms with van der Waals surface area (Å²) in [6.45, 7) is 1.99. The fourth-order valence-electron chi connectivity index (χ4n) is 2.32. The molecule has 128 valence electrons. The number of nitrogens with two attached hydrogens (primary N) is 1. The normalized spacial score (nSPS) is 11.9. The maximum absolute atomic E-state index is 12.3. The van der Waals surface area contributed by atoms with E-state index < -0.39 is 6.04 Å². The highest BCUT2D eigenvalue weighted by Crippen LogP contribution is 2.25. The fourth-order valence-corrected chi connectivity index (χ4v) is 3.19. The van der Waals surface area contributed by atoms with E-state index in [1.54, 1.807) is 25.1 Å². The molecule has 1 atom stereocenters. The molecule has 6 nitrogen and oxygen atoms in total. The van der Waals surface area contributed by atoms with Crippen molar-refractivity contribution in [2.45, 2.75) is 19.5 Å². The lowest BCUT2D eigenvalue weighted by atomic mass is 10.1. The molecule has 1 aromatic heterocycles. The predicted molar refractivity (Wildman–Crippen MR) is 99.5 cm³/mol. The largest absolute Gasteiger partial charge is 0.341 e. The minimum absolute atomic E-state index is 0.317. The number of benzene rings is 2. The molecule has 0 radical (unpaired) electrons. The number of rotatable bonds is 5. The van der Waals surface area contributed by atoms with E-state index in [9.17, 15) is 9.59 Å². The Balaban J connectivity index is 1.64. The lowest BCUT2D eigenvalue weighted by Gasteiger charge is -2.13. The number of nitrogens with one attached hydrogen (secondary N) is 2. The zero-order chi connectivity index (χ0) is 17.8. The second-order valence-corrected chi connectivity index (χ2v) is 6.61. The van der Waals surface area contributed by atoms with Gasteiger partial charge in [0.05, 0.1) is 10.2 Å². The summed E-state index contributed by atoms with van der Waals surface area (Å²) < 4.78 is 0.994. The molecule has 2 amide bonds. The van der Waals surface area contributed by atoms with Crippen molar-refractivity contribution in [2.24, 2.45) is 5.73 Å². The molecule has 2 aromatic carbocycles. The van der Waals surface area contributed by atoms with Gasteiger partial charge in [-0.2, -0.15) is 0 Å². The summed E-state index contributed by atoms with van der Waals surface area (Å²) in [7, 11) is 0. The number of carbonyl (C=O) groups is 2. The maximum atomic E-state index is 12.3. The van der Waals surface area contributed by atoms with Crippen LogP contribution in [-0.2, 0) is 11.3 Å². The van der Waals surface area contributed by atoms with Gasteiger partial charge in [-0.05, 0) is 36.8 Å². The Labute approximate surface area is 149 Å². The van der Waals surface area contributed by atoms with E-state index in [1.807, 2.05) is 30.3 Å². The Kier molecular flexibility index (Phi) is 5.06. The molecule has 1 unspecified atom stereocenters. The number of carbonyl (C=O) groups excluding carboxylic acids is 2. The molecule has 0 aliphatic carbocycles. The van der Waals surface area contributed by atoms with Crippen molar-refractivity contribution in [3.05, 3.63) is 59.7 Å². The van der Waals surface area contributed by atoms with E-state index >= 15 is 0 Å². The van der Waals surface area contributed by atoms with Gasteiger partial charge >= 0.3 is 0 Å². The number of aromatic nitrogens is 1. The van der Waals surface area contributed by atoms with Gasteiger partial charge in [0.15, 0.2) is 5.13 Å². The fraction of sp³-hybridized carbons (Fsp3) is 0.167. The molecular formula is C18H18N4O2S. The van der Waals surface area contributed by atoms with Crippen LogP contribution in [-0.4, -0.2) is 22.8 Å². The van der Waals surface area contributed by atoms with Gasteiger partial charge in [0.25, 0.3) is 5.91 Å². The number of anilines is 1. The molecule has 0 bridgehead atoms. The standard InChI is InChI=1S/C18H18N4O2S/c1-11(20-17(24)13-6-4-5-12(9-13)10-19)16(23)22-18-21-14-7-2-3-8-15(14)25-18/h2-9,11H,10,19H2,1H3,(H,20,24)(H,21,22,23). The average Bonchev–Trinajstić information content (AvgIpc) is 3.03. The van der Waals surface area contributed by atoms with E-state index in [1.165, 1.54) is 11.3 Å². The molecule has 0 fully saturated rings. The van der Waals surface area contributed by atoms with Crippen LogP contribution in [0.1, 0.15) is 22.8 Å². The second-order valence-electron chi connectivity index (χ2n) is 5.58. The lowest BCUT2D eigenvalue weighted by molar-refractivity contribution is -0.117. The van der Waals surface area contributed by atoms with Gasteiger partial charge in [0.1, 0.15) is 6.04 Å². The molecule has 0 saturated carbocycles. The third-order valence-corrected chi connectivity index (χ3v) is 4.64. The number of hydrogen-bond donors (Lipinski definition) is 3. The van der Waals surface area contributed by atoms with Crippen LogP contribution in [0.2, 0.25) is 0 Å². The summed E-state index contributed by atoms with van der Waals surface area (Å²) in [6.07, 6.45) is 0. The van der Waals surface area contributed by atoms with Crippen LogP contribution in [0.4, 0.5) is 5.13 Å². The van der Waals surface area contributed by atoms with E-state index in [0.717, 1.165) is 15.8 Å². The summed E-state index contributed by atoms with van der Waals surface area (Å²) in [4.78, 5) is 28.9. The molecule has 0 aliphatic rings. The minimum atomic E-state index is -0.693. The molecule has 7 heteroatoms. The van der Waals surface area contributed by atoms with Crippen molar-refractivity contribution in [1.82, 2.24) is 10.3 Å². The molecule has 3 rings (SSSR count). The Morgan fingerprint density at radius 2 is 2.00 bits per heavy atom. The first-order valence-electron chi connectivity index (χ1n) is 7.83. The van der Waals surface area contributed by atoms with Crippen molar-refractivity contribution in [1.29, 1.82) is 0 Å². The molecule has 3 aromatic rings. The van der Waals surface area contributed by atoms with E-state index in [4.69, 9.17) is 5.73 Å². The van der Waals surface area contributed by atoms with Crippen molar-refractivity contribution < 1.29 is 9.59 Å². The number of amides is 2. The molecule has 0 saturated heterocycles. The zero-order valence-corrected chi connectivity index (χ0v) is 14.5. The minimum Gasteiger partial charge on any atom is -0.341 e. The van der Waals surface area contributed by atoms with Crippen LogP contribution in [0.15, 0.2) is 48.5 Å². The van der Waals surface area contributed by atoms with Crippen LogP contribution in [0, 0.1) is 0 Å². The van der Waals surface area contributed by atoms with Gasteiger partial charge in [-0.25, -0.2) is 4.98 Å². The Morgan fingerprint density at radius 3 is 2.76 bits per heavy atom. The van der Waals surface area contributed by atoms with Crippen molar-refractivity contribution in [2.75, 3.05) is 5.32 Å². The summed E-state index contributed by atoms with van der Waals surface area (Å²) in [5.41, 5.74) is 7.75. The van der Waals surface area contributed by atoms with Crippen molar-refractivity contribution in [3.63, 3.8) is 0 Å². The van der Waals surface area contributed by atoms with Crippen LogP contribution >= 0.6 is 11.3 Å². The Morgan fingerprint density at radius 1 is 1.20 bits per heavy atom. The van der Waals surface area contributed by atoms with Crippen LogP contribution in [0.3, 0.4) is 0 Å². The first kappa shape index (κ1) is 17.1. The van der Waals surface area contributed by atoms with Crippen molar-refractivity contribution >= 4 is 38.5 Å². The van der Waals surface area contributed by atoms with Crippen LogP contribution in [0.5, 0.6) is 0 Å². The third kappa shape index (κ3) is 4.01. The van der Waals surface area contributed by atoms with Gasteiger partial charge in [-0.15, -0.1) is 0 Å². The highest BCUT2D eigenvalue weighted by Gasteiger charge is 2.18. The third-order valence-electron chi connectivity index (χ3n) is 3.69. The lowest BCUT2D eigenvalue weighted by Crippen LogP contribution is -2.41. The van der Waals surface area contributed by atoms with Gasteiger partial charge in [0.2, 0.25) is 5.91 Å². The molecule has 1 heterocycles. The van der Waals surface area contributed by atoms with E-state index in [0.29, 0.717) is 17.2 Å². The van der Waals surface area contributed by atoms with E-state index in [-0.39, 0.29) is 11.8 Å². The number of para-hydroxylation sites is 1. The summed E-state index contributed by atoms with van der Waals surface area (Å²) in [6, 6.07) is 14.0. The van der Waals surface area contributed by atoms with E-state index in [2.05, 4.69) is 15.6 Å². The Hall–Kier alpha value is -2.77. The molecular weight excluding hydrogens is 336 g/mol. The van der Waals surface area contributed by atoms with Gasteiger partial charge in [0, 0.05) is 12.1 Å². The van der Waals surface area contributed by atoms with Gasteiger partial charge < -0.3 is 16.4 Å². The highest BCUT2D eigenvalue weighted by atomic mass is 32.1. The molecule has 0 aliphatic heterocycles. The summed E-state index contributed by atoms with van der Waals surface area (Å²) in [5.74, 6) is -0.635. The number of nitrogens with zero attached hydrogens (tertiary/aromatic N) is 1. The monoisotopic (exact) mass is 354 g/mol. The first-order chi connectivity index (χ1) is 12.1. The average molecular weight is 354 g/mol. The SMILES string of the molecule is CC(NC(=O)c1cccc(CN)c1)C(=O)Nc1nc2ccccc2s1. The predicted octanol–water partition coefficient (Wildman–Crippen LogP) is 2.51. The molecule has 4 N–H and O–H groups in total. The van der Waals surface area contributed by atoms with Crippen LogP contribution < -0.4 is 16.4 Å². The first-order valence-corrected chi connectivity index (χ1v) is 8.65. The number of hydrogen-bond acceptors (Lipinski definition) is 5. The van der Waals surface area contributed by atoms with Gasteiger partial charge in [-0.1, -0.05) is 35.6 Å². The highest BCUT2D eigenvalue weighted by molar-refractivity contribution is 7.22. The smallest absolute Gasteiger partial charge is 0.251 e. The Bertz CT molecular complexity index is 889. The maximum Gasteiger partial charge on any atom is 0.251 e. The van der Waals surface area contributed by atoms with Gasteiger partial charge in [-0.3, -0.25) is 9.59 Å². The second kappa shape index (κ2) is 7.42. The molecule has 0 spiro atoms.